The molecule has 1 aliphatic heterocycles. The van der Waals surface area contributed by atoms with Gasteiger partial charge in [-0.25, -0.2) is 27.8 Å². The second kappa shape index (κ2) is 10.7. The number of piperidine rings is 1. The number of halogens is 1. The van der Waals surface area contributed by atoms with Crippen LogP contribution < -0.4 is 19.1 Å². The number of sulfonamides is 1. The molecular formula is C23H25FN8O5S2. The van der Waals surface area contributed by atoms with Crippen LogP contribution in [0.2, 0.25) is 0 Å². The molecule has 0 amide bonds. The molecule has 5 rings (SSSR count). The van der Waals surface area contributed by atoms with Crippen molar-refractivity contribution >= 4 is 33.3 Å². The highest BCUT2D eigenvalue weighted by molar-refractivity contribution is 7.93. The molecule has 0 bridgehead atoms. The smallest absolute Gasteiger partial charge is 0.243 e. The largest absolute Gasteiger partial charge is 0.494 e. The van der Waals surface area contributed by atoms with E-state index in [1.807, 2.05) is 12.3 Å². The lowest BCUT2D eigenvalue weighted by atomic mass is 10.1. The Morgan fingerprint density at radius 2 is 1.82 bits per heavy atom. The summed E-state index contributed by atoms with van der Waals surface area (Å²) < 4.78 is 55.8. The van der Waals surface area contributed by atoms with Gasteiger partial charge in [0.2, 0.25) is 21.9 Å². The van der Waals surface area contributed by atoms with Crippen molar-refractivity contribution in [3.63, 3.8) is 0 Å². The van der Waals surface area contributed by atoms with Crippen LogP contribution >= 0.6 is 11.3 Å². The Morgan fingerprint density at radius 3 is 2.44 bits per heavy atom. The van der Waals surface area contributed by atoms with E-state index in [1.165, 1.54) is 35.0 Å². The van der Waals surface area contributed by atoms with Crippen LogP contribution in [0.25, 0.3) is 16.5 Å². The minimum atomic E-state index is -4.15. The summed E-state index contributed by atoms with van der Waals surface area (Å²) in [6, 6.07) is 5.13. The second-order valence-corrected chi connectivity index (χ2v) is 11.6. The van der Waals surface area contributed by atoms with Crippen molar-refractivity contribution in [3.8, 4) is 28.0 Å². The lowest BCUT2D eigenvalue weighted by Crippen LogP contribution is -2.50. The number of hydrogen-bond acceptors (Lipinski definition) is 12. The molecule has 0 spiro atoms. The number of aliphatic hydroxyl groups excluding tert-OH is 1. The molecule has 0 radical (unpaired) electrons. The molecule has 4 heterocycles. The molecule has 206 valence electrons. The molecule has 1 unspecified atom stereocenters. The van der Waals surface area contributed by atoms with Crippen LogP contribution in [0.5, 0.6) is 11.5 Å². The minimum absolute atomic E-state index is 0.0390. The maximum atomic E-state index is 13.7. The second-order valence-electron chi connectivity index (χ2n) is 8.75. The molecular weight excluding hydrogens is 551 g/mol. The molecule has 1 saturated heterocycles. The van der Waals surface area contributed by atoms with Gasteiger partial charge in [-0.3, -0.25) is 9.29 Å². The van der Waals surface area contributed by atoms with E-state index in [0.29, 0.717) is 22.2 Å². The monoisotopic (exact) mass is 576 g/mol. The van der Waals surface area contributed by atoms with Gasteiger partial charge in [-0.1, -0.05) is 6.07 Å². The zero-order chi connectivity index (χ0) is 27.7. The van der Waals surface area contributed by atoms with Gasteiger partial charge in [0.15, 0.2) is 16.6 Å². The predicted molar refractivity (Wildman–Crippen MR) is 141 cm³/mol. The highest BCUT2D eigenvalue weighted by Crippen LogP contribution is 2.38. The van der Waals surface area contributed by atoms with E-state index in [4.69, 9.17) is 9.47 Å². The number of thiazole rings is 1. The molecule has 1 aliphatic rings. The number of aliphatic hydroxyl groups is 1. The Morgan fingerprint density at radius 1 is 1.13 bits per heavy atom. The van der Waals surface area contributed by atoms with Crippen molar-refractivity contribution in [2.24, 2.45) is 0 Å². The number of aromatic nitrogens is 6. The summed E-state index contributed by atoms with van der Waals surface area (Å²) in [5, 5.41) is 20.2. The zero-order valence-corrected chi connectivity index (χ0v) is 22.8. The number of anilines is 2. The molecule has 1 fully saturated rings. The zero-order valence-electron chi connectivity index (χ0n) is 21.1. The SMILES string of the molecule is COc1cccc(OC)c1-n1c(NS(=O)(=O)C2C[C@H](O)CN(c3ncc(F)cn3)C2)nnc1-c1nc(C)cs1. The van der Waals surface area contributed by atoms with Crippen molar-refractivity contribution in [2.75, 3.05) is 36.9 Å². The maximum absolute atomic E-state index is 13.7. The van der Waals surface area contributed by atoms with Gasteiger partial charge in [-0.2, -0.15) is 0 Å². The first kappa shape index (κ1) is 26.7. The van der Waals surface area contributed by atoms with E-state index in [1.54, 1.807) is 18.2 Å². The van der Waals surface area contributed by atoms with Gasteiger partial charge in [-0.15, -0.1) is 21.5 Å². The van der Waals surface area contributed by atoms with E-state index in [9.17, 15) is 17.9 Å². The highest BCUT2D eigenvalue weighted by atomic mass is 32.2. The van der Waals surface area contributed by atoms with Gasteiger partial charge in [0.1, 0.15) is 22.4 Å². The van der Waals surface area contributed by atoms with Gasteiger partial charge in [0, 0.05) is 24.2 Å². The van der Waals surface area contributed by atoms with E-state index in [-0.39, 0.29) is 37.2 Å². The molecule has 0 aliphatic carbocycles. The van der Waals surface area contributed by atoms with Crippen LogP contribution in [0.1, 0.15) is 12.1 Å². The van der Waals surface area contributed by atoms with Gasteiger partial charge in [0.25, 0.3) is 0 Å². The number of methoxy groups -OCH3 is 2. The maximum Gasteiger partial charge on any atom is 0.243 e. The van der Waals surface area contributed by atoms with E-state index in [2.05, 4.69) is 29.9 Å². The Balaban J connectivity index is 1.55. The number of ether oxygens (including phenoxy) is 2. The first-order valence-electron chi connectivity index (χ1n) is 11.7. The van der Waals surface area contributed by atoms with Crippen LogP contribution in [0.4, 0.5) is 16.3 Å². The number of nitrogens with zero attached hydrogens (tertiary/aromatic N) is 7. The third-order valence-corrected chi connectivity index (χ3v) is 8.69. The Hall–Kier alpha value is -3.89. The Kier molecular flexibility index (Phi) is 7.33. The topological polar surface area (TPSA) is 157 Å². The number of benzene rings is 1. The highest BCUT2D eigenvalue weighted by Gasteiger charge is 2.37. The molecule has 4 aromatic rings. The molecule has 2 N–H and O–H groups in total. The fourth-order valence-electron chi connectivity index (χ4n) is 4.30. The number of aryl methyl sites for hydroxylation is 1. The van der Waals surface area contributed by atoms with E-state index >= 15 is 0 Å². The quantitative estimate of drug-likeness (QED) is 0.316. The summed E-state index contributed by atoms with van der Waals surface area (Å²) in [4.78, 5) is 13.8. The van der Waals surface area contributed by atoms with E-state index < -0.39 is 27.2 Å². The summed E-state index contributed by atoms with van der Waals surface area (Å²) >= 11 is 1.32. The lowest BCUT2D eigenvalue weighted by molar-refractivity contribution is 0.154. The normalized spacial score (nSPS) is 17.7. The summed E-state index contributed by atoms with van der Waals surface area (Å²) in [5.41, 5.74) is 1.14. The van der Waals surface area contributed by atoms with Crippen LogP contribution in [0.3, 0.4) is 0 Å². The number of hydrogen-bond donors (Lipinski definition) is 2. The summed E-state index contributed by atoms with van der Waals surface area (Å²) in [6.45, 7) is 1.89. The van der Waals surface area contributed by atoms with Crippen molar-refractivity contribution < 1.29 is 27.4 Å². The standard InChI is InChI=1S/C23H25FN8O5S2/c1-13-12-38-21(27-13)20-28-29-23(32(20)19-17(36-2)5-4-6-18(19)37-3)30-39(34,35)16-7-15(33)10-31(11-16)22-25-8-14(24)9-26-22/h4-6,8-9,12,15-16,33H,7,10-11H2,1-3H3,(H,29,30)/t15-,16?/m0/s1. The van der Waals surface area contributed by atoms with Crippen LogP contribution in [-0.4, -0.2) is 81.9 Å². The molecule has 39 heavy (non-hydrogen) atoms. The van der Waals surface area contributed by atoms with Crippen molar-refractivity contribution in [1.82, 2.24) is 29.7 Å². The van der Waals surface area contributed by atoms with Gasteiger partial charge >= 0.3 is 0 Å². The molecule has 3 aromatic heterocycles. The fourth-order valence-corrected chi connectivity index (χ4v) is 6.48. The first-order valence-corrected chi connectivity index (χ1v) is 14.1. The minimum Gasteiger partial charge on any atom is -0.494 e. The molecule has 2 atom stereocenters. The third-order valence-electron chi connectivity index (χ3n) is 6.05. The Bertz CT molecular complexity index is 1560. The molecule has 16 heteroatoms. The van der Waals surface area contributed by atoms with Gasteiger partial charge in [0.05, 0.1) is 32.7 Å². The third kappa shape index (κ3) is 5.35. The average molecular weight is 577 g/mol. The number of rotatable bonds is 8. The lowest BCUT2D eigenvalue weighted by Gasteiger charge is -2.35. The van der Waals surface area contributed by atoms with Crippen molar-refractivity contribution in [3.05, 3.63) is 47.5 Å². The predicted octanol–water partition coefficient (Wildman–Crippen LogP) is 2.03. The van der Waals surface area contributed by atoms with Crippen molar-refractivity contribution in [2.45, 2.75) is 24.7 Å². The van der Waals surface area contributed by atoms with Gasteiger partial charge in [-0.05, 0) is 25.5 Å². The average Bonchev–Trinajstić information content (AvgIpc) is 3.53. The molecule has 0 saturated carbocycles. The van der Waals surface area contributed by atoms with Gasteiger partial charge < -0.3 is 19.5 Å². The summed E-state index contributed by atoms with van der Waals surface area (Å²) in [6.07, 6.45) is 0.930. The molecule has 1 aromatic carbocycles. The van der Waals surface area contributed by atoms with Crippen LogP contribution in [-0.2, 0) is 10.0 Å². The number of β-amino-alcohol motifs (C(OH)–C–C–N with tert-alkyl or cyclic N) is 1. The number of para-hydroxylation sites is 1. The summed E-state index contributed by atoms with van der Waals surface area (Å²) in [5.74, 6) is 0.413. The first-order chi connectivity index (χ1) is 18.7. The molecule has 13 nitrogen and oxygen atoms in total. The summed E-state index contributed by atoms with van der Waals surface area (Å²) in [7, 11) is -1.19. The number of nitrogens with one attached hydrogen (secondary N) is 1. The van der Waals surface area contributed by atoms with Crippen LogP contribution in [0, 0.1) is 12.7 Å². The van der Waals surface area contributed by atoms with Crippen molar-refractivity contribution in [1.29, 1.82) is 0 Å². The Labute approximate surface area is 227 Å². The van der Waals surface area contributed by atoms with Crippen LogP contribution in [0.15, 0.2) is 36.0 Å². The van der Waals surface area contributed by atoms with E-state index in [0.717, 1.165) is 18.1 Å². The fraction of sp³-hybridized carbons (Fsp3) is 0.348.